The van der Waals surface area contributed by atoms with E-state index in [1.54, 1.807) is 16.8 Å². The highest BCUT2D eigenvalue weighted by atomic mass is 16.2. The van der Waals surface area contributed by atoms with E-state index >= 15 is 0 Å². The van der Waals surface area contributed by atoms with Crippen molar-refractivity contribution in [3.63, 3.8) is 0 Å². The fourth-order valence-corrected chi connectivity index (χ4v) is 3.38. The van der Waals surface area contributed by atoms with Crippen LogP contribution in [-0.4, -0.2) is 38.3 Å². The molecule has 2 aromatic heterocycles. The Morgan fingerprint density at radius 3 is 2.67 bits per heavy atom. The molecule has 1 aliphatic heterocycles. The molecule has 122 valence electrons. The zero-order chi connectivity index (χ0) is 16.4. The van der Waals surface area contributed by atoms with Crippen molar-refractivity contribution in [3.05, 3.63) is 66.2 Å². The maximum Gasteiger partial charge on any atom is 0.274 e. The monoisotopic (exact) mass is 320 g/mol. The van der Waals surface area contributed by atoms with Crippen molar-refractivity contribution < 1.29 is 4.79 Å². The molecule has 0 N–H and O–H groups in total. The number of aromatic nitrogens is 3. The molecule has 0 aliphatic carbocycles. The molecule has 5 nitrogen and oxygen atoms in total. The van der Waals surface area contributed by atoms with Crippen molar-refractivity contribution in [2.24, 2.45) is 5.92 Å². The van der Waals surface area contributed by atoms with Gasteiger partial charge in [0.15, 0.2) is 0 Å². The first kappa shape index (κ1) is 14.9. The summed E-state index contributed by atoms with van der Waals surface area (Å²) in [6.07, 6.45) is 8.50. The number of hydrogen-bond donors (Lipinski definition) is 0. The number of nitrogens with zero attached hydrogens (tertiary/aromatic N) is 4. The number of piperidine rings is 1. The summed E-state index contributed by atoms with van der Waals surface area (Å²) in [4.78, 5) is 23.1. The fraction of sp³-hybridized carbons (Fsp3) is 0.316. The number of imidazole rings is 1. The summed E-state index contributed by atoms with van der Waals surface area (Å²) in [6, 6.07) is 12.4. The minimum Gasteiger partial charge on any atom is -0.337 e. The van der Waals surface area contributed by atoms with E-state index in [2.05, 4.69) is 40.3 Å². The first-order valence-electron chi connectivity index (χ1n) is 8.42. The van der Waals surface area contributed by atoms with E-state index in [0.29, 0.717) is 17.4 Å². The second-order valence-electron chi connectivity index (χ2n) is 6.38. The zero-order valence-corrected chi connectivity index (χ0v) is 13.5. The molecule has 0 saturated carbocycles. The third-order valence-electron chi connectivity index (χ3n) is 4.72. The summed E-state index contributed by atoms with van der Waals surface area (Å²) in [5.74, 6) is 1.23. The summed E-state index contributed by atoms with van der Waals surface area (Å²) in [5, 5.41) is 0. The second kappa shape index (κ2) is 6.43. The number of likely N-dealkylation sites (tertiary alicyclic amines) is 1. The zero-order valence-electron chi connectivity index (χ0n) is 13.5. The van der Waals surface area contributed by atoms with Crippen molar-refractivity contribution in [2.75, 3.05) is 13.1 Å². The van der Waals surface area contributed by atoms with Gasteiger partial charge in [-0.15, -0.1) is 0 Å². The third-order valence-corrected chi connectivity index (χ3v) is 4.72. The molecule has 3 heterocycles. The molecule has 1 aliphatic rings. The van der Waals surface area contributed by atoms with Crippen LogP contribution in [-0.2, 0) is 6.42 Å². The Kier molecular flexibility index (Phi) is 3.99. The van der Waals surface area contributed by atoms with Gasteiger partial charge in [-0.25, -0.2) is 9.97 Å². The van der Waals surface area contributed by atoms with Gasteiger partial charge >= 0.3 is 0 Å². The lowest BCUT2D eigenvalue weighted by Gasteiger charge is -2.31. The summed E-state index contributed by atoms with van der Waals surface area (Å²) in [7, 11) is 0. The van der Waals surface area contributed by atoms with E-state index in [1.807, 2.05) is 17.2 Å². The Morgan fingerprint density at radius 2 is 1.92 bits per heavy atom. The second-order valence-corrected chi connectivity index (χ2v) is 6.38. The predicted octanol–water partition coefficient (Wildman–Crippen LogP) is 2.82. The van der Waals surface area contributed by atoms with Crippen LogP contribution in [0.15, 0.2) is 55.0 Å². The normalized spacial score (nSPS) is 15.8. The molecule has 0 bridgehead atoms. The van der Waals surface area contributed by atoms with E-state index in [9.17, 15) is 4.79 Å². The number of carbonyl (C=O) groups is 1. The molecule has 5 heteroatoms. The van der Waals surface area contributed by atoms with Crippen LogP contribution in [0.4, 0.5) is 0 Å². The van der Waals surface area contributed by atoms with E-state index in [-0.39, 0.29) is 5.91 Å². The molecule has 1 aromatic carbocycles. The largest absolute Gasteiger partial charge is 0.337 e. The molecule has 0 atom stereocenters. The number of carbonyl (C=O) groups excluding carboxylic acids is 1. The fourth-order valence-electron chi connectivity index (χ4n) is 3.38. The Labute approximate surface area is 141 Å². The molecule has 4 rings (SSSR count). The molecule has 1 saturated heterocycles. The average Bonchev–Trinajstić information content (AvgIpc) is 3.07. The minimum atomic E-state index is 0.0126. The first-order valence-corrected chi connectivity index (χ1v) is 8.42. The maximum atomic E-state index is 12.7. The molecule has 0 unspecified atom stereocenters. The number of fused-ring (bicyclic) bond motifs is 1. The lowest BCUT2D eigenvalue weighted by Crippen LogP contribution is -2.39. The molecule has 1 amide bonds. The summed E-state index contributed by atoms with van der Waals surface area (Å²) >= 11 is 0. The maximum absolute atomic E-state index is 12.7. The van der Waals surface area contributed by atoms with Crippen LogP contribution >= 0.6 is 0 Å². The quantitative estimate of drug-likeness (QED) is 0.745. The number of rotatable bonds is 3. The number of hydrogen-bond acceptors (Lipinski definition) is 3. The van der Waals surface area contributed by atoms with Gasteiger partial charge in [0.1, 0.15) is 5.69 Å². The van der Waals surface area contributed by atoms with E-state index in [0.717, 1.165) is 32.4 Å². The highest BCUT2D eigenvalue weighted by Gasteiger charge is 2.25. The van der Waals surface area contributed by atoms with Gasteiger partial charge in [-0.1, -0.05) is 30.3 Å². The third kappa shape index (κ3) is 3.02. The van der Waals surface area contributed by atoms with E-state index < -0.39 is 0 Å². The first-order chi connectivity index (χ1) is 11.8. The number of amides is 1. The Morgan fingerprint density at radius 1 is 1.12 bits per heavy atom. The molecule has 1 fully saturated rings. The van der Waals surface area contributed by atoms with Crippen molar-refractivity contribution in [1.29, 1.82) is 0 Å². The molecular weight excluding hydrogens is 300 g/mol. The van der Waals surface area contributed by atoms with Gasteiger partial charge in [-0.05, 0) is 36.8 Å². The van der Waals surface area contributed by atoms with E-state index in [4.69, 9.17) is 0 Å². The van der Waals surface area contributed by atoms with Crippen LogP contribution in [0, 0.1) is 5.92 Å². The lowest BCUT2D eigenvalue weighted by atomic mass is 9.90. The molecule has 0 spiro atoms. The SMILES string of the molecule is O=C(c1cn2cccnc2n1)N1CCC(Cc2ccccc2)CC1. The van der Waals surface area contributed by atoms with Gasteiger partial charge in [0, 0.05) is 31.7 Å². The number of benzene rings is 1. The summed E-state index contributed by atoms with van der Waals surface area (Å²) in [5.41, 5.74) is 1.86. The van der Waals surface area contributed by atoms with Gasteiger partial charge in [-0.3, -0.25) is 9.20 Å². The molecular formula is C19H20N4O. The predicted molar refractivity (Wildman–Crippen MR) is 91.8 cm³/mol. The van der Waals surface area contributed by atoms with Gasteiger partial charge in [-0.2, -0.15) is 0 Å². The minimum absolute atomic E-state index is 0.0126. The van der Waals surface area contributed by atoms with Crippen molar-refractivity contribution >= 4 is 11.7 Å². The van der Waals surface area contributed by atoms with Crippen molar-refractivity contribution in [1.82, 2.24) is 19.3 Å². The highest BCUT2D eigenvalue weighted by molar-refractivity contribution is 5.92. The van der Waals surface area contributed by atoms with Crippen molar-refractivity contribution in [2.45, 2.75) is 19.3 Å². The Bertz CT molecular complexity index is 802. The topological polar surface area (TPSA) is 50.5 Å². The molecule has 0 radical (unpaired) electrons. The van der Waals surface area contributed by atoms with Crippen LogP contribution in [0.5, 0.6) is 0 Å². The smallest absolute Gasteiger partial charge is 0.274 e. The molecule has 24 heavy (non-hydrogen) atoms. The van der Waals surface area contributed by atoms with Gasteiger partial charge in [0.05, 0.1) is 0 Å². The standard InChI is InChI=1S/C19H20N4O/c24-18(17-14-23-10-4-9-20-19(23)21-17)22-11-7-16(8-12-22)13-15-5-2-1-3-6-15/h1-6,9-10,14,16H,7-8,11-13H2. The van der Waals surface area contributed by atoms with Crippen LogP contribution in [0.3, 0.4) is 0 Å². The summed E-state index contributed by atoms with van der Waals surface area (Å²) in [6.45, 7) is 1.61. The molecule has 3 aromatic rings. The van der Waals surface area contributed by atoms with E-state index in [1.165, 1.54) is 5.56 Å². The van der Waals surface area contributed by atoms with Gasteiger partial charge in [0.2, 0.25) is 5.78 Å². The summed E-state index contributed by atoms with van der Waals surface area (Å²) < 4.78 is 1.79. The lowest BCUT2D eigenvalue weighted by molar-refractivity contribution is 0.0685. The average molecular weight is 320 g/mol. The van der Waals surface area contributed by atoms with Crippen LogP contribution in [0.25, 0.3) is 5.78 Å². The van der Waals surface area contributed by atoms with Crippen LogP contribution in [0.1, 0.15) is 28.9 Å². The van der Waals surface area contributed by atoms with Gasteiger partial charge in [0.25, 0.3) is 5.91 Å². The van der Waals surface area contributed by atoms with Crippen molar-refractivity contribution in [3.8, 4) is 0 Å². The Balaban J connectivity index is 1.39. The van der Waals surface area contributed by atoms with Gasteiger partial charge < -0.3 is 4.90 Å². The van der Waals surface area contributed by atoms with Crippen LogP contribution < -0.4 is 0 Å². The Hall–Kier alpha value is -2.69. The van der Waals surface area contributed by atoms with Crippen LogP contribution in [0.2, 0.25) is 0 Å². The highest BCUT2D eigenvalue weighted by Crippen LogP contribution is 2.22.